The Bertz CT molecular complexity index is 1030. The van der Waals surface area contributed by atoms with Crippen molar-refractivity contribution in [2.75, 3.05) is 31.6 Å². The number of hydrogen-bond acceptors (Lipinski definition) is 4. The zero-order valence-corrected chi connectivity index (χ0v) is 17.8. The second-order valence-corrected chi connectivity index (χ2v) is 7.57. The van der Waals surface area contributed by atoms with Gasteiger partial charge >= 0.3 is 0 Å². The topological polar surface area (TPSA) is 67.9 Å². The lowest BCUT2D eigenvalue weighted by molar-refractivity contribution is 0.0792. The molecule has 0 unspecified atom stereocenters. The Morgan fingerprint density at radius 3 is 1.91 bits per heavy atom. The Morgan fingerprint density at radius 2 is 1.28 bits per heavy atom. The molecular formula is C26H26N2O4. The quantitative estimate of drug-likeness (QED) is 0.529. The molecule has 164 valence electrons. The fraction of sp³-hybridized carbons (Fsp3) is 0.231. The van der Waals surface area contributed by atoms with Gasteiger partial charge in [0.2, 0.25) is 0 Å². The molecule has 0 aliphatic carbocycles. The van der Waals surface area contributed by atoms with E-state index in [1.807, 2.05) is 35.2 Å². The molecule has 1 saturated heterocycles. The number of ether oxygens (including phenoxy) is 2. The van der Waals surface area contributed by atoms with E-state index >= 15 is 0 Å². The van der Waals surface area contributed by atoms with Gasteiger partial charge in [-0.3, -0.25) is 9.59 Å². The molecule has 4 rings (SSSR count). The number of amides is 2. The van der Waals surface area contributed by atoms with Crippen LogP contribution in [0.15, 0.2) is 78.9 Å². The van der Waals surface area contributed by atoms with Crippen LogP contribution in [0.3, 0.4) is 0 Å². The van der Waals surface area contributed by atoms with Crippen molar-refractivity contribution in [1.82, 2.24) is 4.90 Å². The number of carbonyl (C=O) groups excluding carboxylic acids is 2. The van der Waals surface area contributed by atoms with Crippen molar-refractivity contribution in [2.24, 2.45) is 0 Å². The van der Waals surface area contributed by atoms with Crippen LogP contribution in [0.1, 0.15) is 33.6 Å². The van der Waals surface area contributed by atoms with Gasteiger partial charge in [0.1, 0.15) is 24.7 Å². The molecule has 0 bridgehead atoms. The summed E-state index contributed by atoms with van der Waals surface area (Å²) >= 11 is 0. The third-order valence-electron chi connectivity index (χ3n) is 5.26. The zero-order valence-electron chi connectivity index (χ0n) is 17.8. The average molecular weight is 431 g/mol. The van der Waals surface area contributed by atoms with E-state index in [-0.39, 0.29) is 11.8 Å². The van der Waals surface area contributed by atoms with E-state index < -0.39 is 0 Å². The maximum Gasteiger partial charge on any atom is 0.255 e. The fourth-order valence-electron chi connectivity index (χ4n) is 3.54. The van der Waals surface area contributed by atoms with Crippen LogP contribution in [0.25, 0.3) is 0 Å². The molecule has 6 heteroatoms. The zero-order chi connectivity index (χ0) is 22.2. The summed E-state index contributed by atoms with van der Waals surface area (Å²) in [7, 11) is 0. The summed E-state index contributed by atoms with van der Waals surface area (Å²) in [5.41, 5.74) is 1.81. The molecule has 0 saturated carbocycles. The van der Waals surface area contributed by atoms with Gasteiger partial charge in [-0.2, -0.15) is 0 Å². The third-order valence-corrected chi connectivity index (χ3v) is 5.26. The second kappa shape index (κ2) is 10.5. The number of likely N-dealkylation sites (tertiary alicyclic amines) is 1. The molecule has 3 aromatic carbocycles. The van der Waals surface area contributed by atoms with E-state index in [1.54, 1.807) is 48.5 Å². The van der Waals surface area contributed by atoms with Crippen LogP contribution in [-0.2, 0) is 0 Å². The van der Waals surface area contributed by atoms with Crippen molar-refractivity contribution in [3.05, 3.63) is 90.0 Å². The van der Waals surface area contributed by atoms with E-state index in [1.165, 1.54) is 0 Å². The van der Waals surface area contributed by atoms with Crippen molar-refractivity contribution >= 4 is 17.5 Å². The fourth-order valence-corrected chi connectivity index (χ4v) is 3.54. The number of rotatable bonds is 8. The molecule has 1 fully saturated rings. The monoisotopic (exact) mass is 430 g/mol. The Hall–Kier alpha value is -3.80. The van der Waals surface area contributed by atoms with Crippen molar-refractivity contribution in [3.63, 3.8) is 0 Å². The lowest BCUT2D eigenvalue weighted by Crippen LogP contribution is -2.27. The number of hydrogen-bond donors (Lipinski definition) is 1. The minimum absolute atomic E-state index is 0.0464. The van der Waals surface area contributed by atoms with E-state index in [0.717, 1.165) is 31.7 Å². The molecule has 1 aliphatic heterocycles. The SMILES string of the molecule is O=C(Nc1ccc(C(=O)N2CCCC2)cc1)c1ccc(OCCOc2ccccc2)cc1. The molecule has 0 radical (unpaired) electrons. The maximum absolute atomic E-state index is 12.5. The van der Waals surface area contributed by atoms with E-state index in [4.69, 9.17) is 9.47 Å². The first kappa shape index (κ1) is 21.4. The molecule has 1 aliphatic rings. The van der Waals surface area contributed by atoms with Gasteiger partial charge in [-0.25, -0.2) is 0 Å². The van der Waals surface area contributed by atoms with Gasteiger partial charge in [0.25, 0.3) is 11.8 Å². The van der Waals surface area contributed by atoms with Gasteiger partial charge in [-0.05, 0) is 73.5 Å². The van der Waals surface area contributed by atoms with Gasteiger partial charge in [0.05, 0.1) is 0 Å². The predicted octanol–water partition coefficient (Wildman–Crippen LogP) is 4.63. The largest absolute Gasteiger partial charge is 0.490 e. The first-order valence-corrected chi connectivity index (χ1v) is 10.8. The van der Waals surface area contributed by atoms with Crippen LogP contribution in [0.2, 0.25) is 0 Å². The highest BCUT2D eigenvalue weighted by atomic mass is 16.5. The van der Waals surface area contributed by atoms with Crippen LogP contribution >= 0.6 is 0 Å². The van der Waals surface area contributed by atoms with Gasteiger partial charge < -0.3 is 19.7 Å². The van der Waals surface area contributed by atoms with Gasteiger partial charge in [0, 0.05) is 29.9 Å². The van der Waals surface area contributed by atoms with Crippen molar-refractivity contribution < 1.29 is 19.1 Å². The van der Waals surface area contributed by atoms with Crippen LogP contribution in [0.5, 0.6) is 11.5 Å². The Morgan fingerprint density at radius 1 is 0.719 bits per heavy atom. The molecule has 0 atom stereocenters. The normalized spacial score (nSPS) is 12.9. The molecule has 32 heavy (non-hydrogen) atoms. The Kier molecular flexibility index (Phi) is 7.02. The van der Waals surface area contributed by atoms with Crippen molar-refractivity contribution in [3.8, 4) is 11.5 Å². The number of nitrogens with one attached hydrogen (secondary N) is 1. The summed E-state index contributed by atoms with van der Waals surface area (Å²) in [6.07, 6.45) is 2.12. The van der Waals surface area contributed by atoms with Crippen molar-refractivity contribution in [2.45, 2.75) is 12.8 Å². The molecule has 6 nitrogen and oxygen atoms in total. The molecule has 0 aromatic heterocycles. The van der Waals surface area contributed by atoms with Crippen LogP contribution < -0.4 is 14.8 Å². The molecular weight excluding hydrogens is 404 g/mol. The van der Waals surface area contributed by atoms with Gasteiger partial charge in [0.15, 0.2) is 0 Å². The van der Waals surface area contributed by atoms with E-state index in [2.05, 4.69) is 5.32 Å². The standard InChI is InChI=1S/C26H26N2O4/c29-25(27-22-12-8-21(9-13-22)26(30)28-16-4-5-17-28)20-10-14-24(15-11-20)32-19-18-31-23-6-2-1-3-7-23/h1-3,6-15H,4-5,16-19H2,(H,27,29). The summed E-state index contributed by atoms with van der Waals surface area (Å²) in [5, 5.41) is 2.86. The number of benzene rings is 3. The summed E-state index contributed by atoms with van der Waals surface area (Å²) in [5.74, 6) is 1.30. The summed E-state index contributed by atoms with van der Waals surface area (Å²) in [6, 6.07) is 23.5. The predicted molar refractivity (Wildman–Crippen MR) is 123 cm³/mol. The molecule has 1 heterocycles. The van der Waals surface area contributed by atoms with Gasteiger partial charge in [-0.1, -0.05) is 18.2 Å². The highest BCUT2D eigenvalue weighted by Gasteiger charge is 2.19. The number of para-hydroxylation sites is 1. The molecule has 0 spiro atoms. The van der Waals surface area contributed by atoms with Crippen LogP contribution in [0, 0.1) is 0 Å². The van der Waals surface area contributed by atoms with Crippen LogP contribution in [0.4, 0.5) is 5.69 Å². The maximum atomic E-state index is 12.5. The Balaban J connectivity index is 1.25. The lowest BCUT2D eigenvalue weighted by atomic mass is 10.1. The van der Waals surface area contributed by atoms with E-state index in [9.17, 15) is 9.59 Å². The average Bonchev–Trinajstić information content (AvgIpc) is 3.38. The minimum Gasteiger partial charge on any atom is -0.490 e. The van der Waals surface area contributed by atoms with Crippen molar-refractivity contribution in [1.29, 1.82) is 0 Å². The third kappa shape index (κ3) is 5.66. The smallest absolute Gasteiger partial charge is 0.255 e. The first-order valence-electron chi connectivity index (χ1n) is 10.8. The Labute approximate surface area is 187 Å². The second-order valence-electron chi connectivity index (χ2n) is 7.57. The molecule has 1 N–H and O–H groups in total. The first-order chi connectivity index (χ1) is 15.7. The summed E-state index contributed by atoms with van der Waals surface area (Å²) in [6.45, 7) is 2.47. The number of anilines is 1. The minimum atomic E-state index is -0.220. The van der Waals surface area contributed by atoms with Crippen LogP contribution in [-0.4, -0.2) is 43.0 Å². The highest BCUT2D eigenvalue weighted by molar-refractivity contribution is 6.04. The lowest BCUT2D eigenvalue weighted by Gasteiger charge is -2.15. The summed E-state index contributed by atoms with van der Waals surface area (Å²) in [4.78, 5) is 26.8. The molecule has 2 amide bonds. The van der Waals surface area contributed by atoms with Gasteiger partial charge in [-0.15, -0.1) is 0 Å². The van der Waals surface area contributed by atoms with E-state index in [0.29, 0.717) is 35.8 Å². The number of nitrogens with zero attached hydrogens (tertiary/aromatic N) is 1. The summed E-state index contributed by atoms with van der Waals surface area (Å²) < 4.78 is 11.3. The number of carbonyl (C=O) groups is 2. The molecule has 3 aromatic rings. The highest BCUT2D eigenvalue weighted by Crippen LogP contribution is 2.17.